The molecule has 0 spiro atoms. The number of para-hydroxylation sites is 1. The maximum atomic E-state index is 2.42. The Hall–Kier alpha value is -7.74. The van der Waals surface area contributed by atoms with E-state index in [4.69, 9.17) is 0 Å². The standard InChI is InChI=1S/C58H41N/c1-3-17-42(18-4-1)46-23-13-24-47(39-46)43-35-37-51(38-36-43)59(58-34-12-11-32-57(58)56-31-10-9-30-54(56)44-19-5-2-6-20-44)52-28-15-26-49(41-52)48-25-14-27-50(40-48)55-33-16-22-45-21-7-8-29-53(45)55/h1-41H. The Kier molecular flexibility index (Phi) is 9.68. The highest BCUT2D eigenvalue weighted by Gasteiger charge is 2.20. The second-order valence-corrected chi connectivity index (χ2v) is 14.9. The van der Waals surface area contributed by atoms with Crippen molar-refractivity contribution in [1.29, 1.82) is 0 Å². The number of benzene rings is 10. The molecule has 278 valence electrons. The zero-order valence-electron chi connectivity index (χ0n) is 32.6. The van der Waals surface area contributed by atoms with Crippen LogP contribution < -0.4 is 4.90 Å². The predicted molar refractivity (Wildman–Crippen MR) is 251 cm³/mol. The minimum absolute atomic E-state index is 1.08. The molecule has 0 aliphatic carbocycles. The third kappa shape index (κ3) is 7.23. The molecule has 59 heavy (non-hydrogen) atoms. The summed E-state index contributed by atoms with van der Waals surface area (Å²) in [6.07, 6.45) is 0. The molecule has 0 unspecified atom stereocenters. The molecule has 10 aromatic rings. The van der Waals surface area contributed by atoms with Gasteiger partial charge in [-0.2, -0.15) is 0 Å². The lowest BCUT2D eigenvalue weighted by Crippen LogP contribution is -2.11. The Morgan fingerprint density at radius 1 is 0.220 bits per heavy atom. The SMILES string of the molecule is c1ccc(-c2cccc(-c3ccc(N(c4cccc(-c5cccc(-c6cccc7ccccc67)c5)c4)c4ccccc4-c4ccccc4-c4ccccc4)cc3)c2)cc1. The van der Waals surface area contributed by atoms with E-state index in [2.05, 4.69) is 254 Å². The summed E-state index contributed by atoms with van der Waals surface area (Å²) in [5, 5.41) is 2.50. The van der Waals surface area contributed by atoms with Gasteiger partial charge in [0, 0.05) is 16.9 Å². The number of anilines is 3. The normalized spacial score (nSPS) is 11.1. The molecule has 0 saturated heterocycles. The quantitative estimate of drug-likeness (QED) is 0.142. The predicted octanol–water partition coefficient (Wildman–Crippen LogP) is 16.3. The summed E-state index contributed by atoms with van der Waals surface area (Å²) in [7, 11) is 0. The zero-order chi connectivity index (χ0) is 39.4. The third-order valence-corrected chi connectivity index (χ3v) is 11.3. The van der Waals surface area contributed by atoms with Crippen molar-refractivity contribution >= 4 is 27.8 Å². The molecule has 1 nitrogen and oxygen atoms in total. The van der Waals surface area contributed by atoms with Crippen molar-refractivity contribution in [2.75, 3.05) is 4.90 Å². The van der Waals surface area contributed by atoms with Crippen molar-refractivity contribution < 1.29 is 0 Å². The van der Waals surface area contributed by atoms with E-state index < -0.39 is 0 Å². The van der Waals surface area contributed by atoms with E-state index in [1.165, 1.54) is 66.4 Å². The van der Waals surface area contributed by atoms with Gasteiger partial charge in [0.25, 0.3) is 0 Å². The molecule has 0 radical (unpaired) electrons. The van der Waals surface area contributed by atoms with Crippen molar-refractivity contribution in [2.45, 2.75) is 0 Å². The van der Waals surface area contributed by atoms with Crippen LogP contribution in [0, 0.1) is 0 Å². The molecule has 0 saturated carbocycles. The van der Waals surface area contributed by atoms with Crippen LogP contribution >= 0.6 is 0 Å². The van der Waals surface area contributed by atoms with Crippen molar-refractivity contribution in [3.8, 4) is 66.8 Å². The largest absolute Gasteiger partial charge is 0.310 e. The van der Waals surface area contributed by atoms with Gasteiger partial charge in [-0.3, -0.25) is 0 Å². The molecular formula is C58H41N. The van der Waals surface area contributed by atoms with E-state index >= 15 is 0 Å². The average molecular weight is 752 g/mol. The summed E-state index contributed by atoms with van der Waals surface area (Å²) < 4.78 is 0. The average Bonchev–Trinajstić information content (AvgIpc) is 3.32. The van der Waals surface area contributed by atoms with Crippen LogP contribution in [0.15, 0.2) is 249 Å². The van der Waals surface area contributed by atoms with Gasteiger partial charge in [0.1, 0.15) is 0 Å². The molecule has 0 aromatic heterocycles. The molecule has 0 aliphatic heterocycles. The Bertz CT molecular complexity index is 3030. The molecule has 0 aliphatic rings. The summed E-state index contributed by atoms with van der Waals surface area (Å²) in [5.41, 5.74) is 17.6. The van der Waals surface area contributed by atoms with E-state index in [-0.39, 0.29) is 0 Å². The van der Waals surface area contributed by atoms with Crippen molar-refractivity contribution in [2.24, 2.45) is 0 Å². The second-order valence-electron chi connectivity index (χ2n) is 14.9. The lowest BCUT2D eigenvalue weighted by Gasteiger charge is -2.29. The first-order valence-corrected chi connectivity index (χ1v) is 20.3. The van der Waals surface area contributed by atoms with E-state index in [1.807, 2.05) is 0 Å². The van der Waals surface area contributed by atoms with Gasteiger partial charge in [0.2, 0.25) is 0 Å². The molecule has 0 fully saturated rings. The van der Waals surface area contributed by atoms with Gasteiger partial charge in [-0.25, -0.2) is 0 Å². The van der Waals surface area contributed by atoms with E-state index in [1.54, 1.807) is 0 Å². The molecule has 10 rings (SSSR count). The number of fused-ring (bicyclic) bond motifs is 1. The van der Waals surface area contributed by atoms with Crippen LogP contribution in [0.1, 0.15) is 0 Å². The molecule has 0 heterocycles. The number of hydrogen-bond donors (Lipinski definition) is 0. The maximum absolute atomic E-state index is 2.42. The monoisotopic (exact) mass is 751 g/mol. The Morgan fingerprint density at radius 3 is 1.42 bits per heavy atom. The summed E-state index contributed by atoms with van der Waals surface area (Å²) in [6.45, 7) is 0. The number of rotatable bonds is 9. The number of nitrogens with zero attached hydrogens (tertiary/aromatic N) is 1. The Balaban J connectivity index is 1.10. The second kappa shape index (κ2) is 16.0. The molecule has 0 atom stereocenters. The first kappa shape index (κ1) is 35.7. The third-order valence-electron chi connectivity index (χ3n) is 11.3. The summed E-state index contributed by atoms with van der Waals surface area (Å²) >= 11 is 0. The zero-order valence-corrected chi connectivity index (χ0v) is 32.6. The molecule has 0 amide bonds. The van der Waals surface area contributed by atoms with Crippen LogP contribution in [-0.4, -0.2) is 0 Å². The fourth-order valence-corrected chi connectivity index (χ4v) is 8.39. The van der Waals surface area contributed by atoms with Gasteiger partial charge in [-0.15, -0.1) is 0 Å². The minimum atomic E-state index is 1.08. The Labute approximate surface area is 346 Å². The molecule has 1 heteroatoms. The van der Waals surface area contributed by atoms with Crippen LogP contribution in [0.2, 0.25) is 0 Å². The first-order chi connectivity index (χ1) is 29.3. The highest BCUT2D eigenvalue weighted by atomic mass is 15.1. The maximum Gasteiger partial charge on any atom is 0.0540 e. The van der Waals surface area contributed by atoms with E-state index in [9.17, 15) is 0 Å². The highest BCUT2D eigenvalue weighted by molar-refractivity contribution is 5.98. The van der Waals surface area contributed by atoms with Crippen LogP contribution in [0.4, 0.5) is 17.1 Å². The molecular weight excluding hydrogens is 711 g/mol. The Morgan fingerprint density at radius 2 is 0.678 bits per heavy atom. The van der Waals surface area contributed by atoms with Gasteiger partial charge >= 0.3 is 0 Å². The molecule has 10 aromatic carbocycles. The molecule has 0 bridgehead atoms. The smallest absolute Gasteiger partial charge is 0.0540 e. The summed E-state index contributed by atoms with van der Waals surface area (Å²) in [4.78, 5) is 2.42. The van der Waals surface area contributed by atoms with Crippen molar-refractivity contribution in [1.82, 2.24) is 0 Å². The number of hydrogen-bond acceptors (Lipinski definition) is 1. The van der Waals surface area contributed by atoms with Crippen LogP contribution in [0.25, 0.3) is 77.5 Å². The van der Waals surface area contributed by atoms with Gasteiger partial charge in [-0.1, -0.05) is 206 Å². The summed E-state index contributed by atoms with van der Waals surface area (Å²) in [6, 6.07) is 89.8. The lowest BCUT2D eigenvalue weighted by atomic mass is 9.92. The van der Waals surface area contributed by atoms with Crippen LogP contribution in [0.5, 0.6) is 0 Å². The fourth-order valence-electron chi connectivity index (χ4n) is 8.39. The van der Waals surface area contributed by atoms with E-state index in [0.717, 1.165) is 28.2 Å². The van der Waals surface area contributed by atoms with E-state index in [0.29, 0.717) is 0 Å². The molecule has 0 N–H and O–H groups in total. The fraction of sp³-hybridized carbons (Fsp3) is 0. The van der Waals surface area contributed by atoms with Crippen molar-refractivity contribution in [3.05, 3.63) is 249 Å². The van der Waals surface area contributed by atoms with Crippen molar-refractivity contribution in [3.63, 3.8) is 0 Å². The van der Waals surface area contributed by atoms with Gasteiger partial charge in [0.15, 0.2) is 0 Å². The summed E-state index contributed by atoms with van der Waals surface area (Å²) in [5.74, 6) is 0. The lowest BCUT2D eigenvalue weighted by molar-refractivity contribution is 1.28. The topological polar surface area (TPSA) is 3.24 Å². The van der Waals surface area contributed by atoms with Crippen LogP contribution in [0.3, 0.4) is 0 Å². The minimum Gasteiger partial charge on any atom is -0.310 e. The highest BCUT2D eigenvalue weighted by Crippen LogP contribution is 2.45. The first-order valence-electron chi connectivity index (χ1n) is 20.3. The van der Waals surface area contributed by atoms with Gasteiger partial charge in [-0.05, 0) is 114 Å². The van der Waals surface area contributed by atoms with Gasteiger partial charge in [0.05, 0.1) is 5.69 Å². The van der Waals surface area contributed by atoms with Crippen LogP contribution in [-0.2, 0) is 0 Å². The van der Waals surface area contributed by atoms with Gasteiger partial charge < -0.3 is 4.90 Å².